The topological polar surface area (TPSA) is 46.2 Å². The number of hydrogen-bond acceptors (Lipinski definition) is 5. The second-order valence-electron chi connectivity index (χ2n) is 3.16. The van der Waals surface area contributed by atoms with Gasteiger partial charge in [0.15, 0.2) is 0 Å². The van der Waals surface area contributed by atoms with E-state index in [2.05, 4.69) is 0 Å². The summed E-state index contributed by atoms with van der Waals surface area (Å²) in [4.78, 5) is 0. The van der Waals surface area contributed by atoms with Crippen molar-refractivity contribution in [2.45, 2.75) is 18.3 Å². The Morgan fingerprint density at radius 2 is 1.07 bits per heavy atom. The molecular weight excluding hydrogens is 200 g/mol. The molecule has 0 N–H and O–H groups in total. The van der Waals surface area contributed by atoms with Crippen LogP contribution in [-0.4, -0.2) is 67.1 Å². The standard InChI is InChI=1S/C10H22O5/c1-11-6-8(13-3)10(15-5)9(14-4)7-12-2/h8-10H,6-7H2,1-5H3/t8-,9+,10+. The van der Waals surface area contributed by atoms with Crippen LogP contribution in [0.3, 0.4) is 0 Å². The summed E-state index contributed by atoms with van der Waals surface area (Å²) < 4.78 is 26.0. The van der Waals surface area contributed by atoms with Gasteiger partial charge in [0.2, 0.25) is 0 Å². The molecule has 0 aliphatic rings. The lowest BCUT2D eigenvalue weighted by atomic mass is 10.1. The molecule has 0 rings (SSSR count). The lowest BCUT2D eigenvalue weighted by molar-refractivity contribution is -0.137. The number of methoxy groups -OCH3 is 5. The molecule has 0 bridgehead atoms. The van der Waals surface area contributed by atoms with Crippen LogP contribution in [0.2, 0.25) is 0 Å². The lowest BCUT2D eigenvalue weighted by Gasteiger charge is -2.30. The molecule has 0 fully saturated rings. The van der Waals surface area contributed by atoms with Crippen LogP contribution in [0.15, 0.2) is 0 Å². The molecule has 0 aromatic carbocycles. The zero-order valence-corrected chi connectivity index (χ0v) is 10.2. The van der Waals surface area contributed by atoms with Crippen molar-refractivity contribution in [1.82, 2.24) is 0 Å². The van der Waals surface area contributed by atoms with Gasteiger partial charge in [0.25, 0.3) is 0 Å². The van der Waals surface area contributed by atoms with Crippen LogP contribution in [0.25, 0.3) is 0 Å². The highest BCUT2D eigenvalue weighted by molar-refractivity contribution is 4.78. The van der Waals surface area contributed by atoms with Crippen LogP contribution in [0.1, 0.15) is 0 Å². The third-order valence-corrected chi connectivity index (χ3v) is 2.27. The maximum atomic E-state index is 5.35. The molecule has 0 saturated heterocycles. The Bertz CT molecular complexity index is 128. The SMILES string of the molecule is COC[C@H](OC)[C@@H](OC)[C@@H](COC)OC. The molecule has 0 amide bonds. The van der Waals surface area contributed by atoms with Gasteiger partial charge >= 0.3 is 0 Å². The van der Waals surface area contributed by atoms with Crippen LogP contribution in [0, 0.1) is 0 Å². The molecule has 0 unspecified atom stereocenters. The van der Waals surface area contributed by atoms with E-state index in [9.17, 15) is 0 Å². The predicted octanol–water partition coefficient (Wildman–Crippen LogP) is 0.324. The van der Waals surface area contributed by atoms with E-state index in [1.807, 2.05) is 0 Å². The van der Waals surface area contributed by atoms with Crippen molar-refractivity contribution in [3.05, 3.63) is 0 Å². The summed E-state index contributed by atoms with van der Waals surface area (Å²) in [6, 6.07) is 0. The van der Waals surface area contributed by atoms with Gasteiger partial charge in [-0.1, -0.05) is 0 Å². The molecular formula is C10H22O5. The van der Waals surface area contributed by atoms with Crippen LogP contribution >= 0.6 is 0 Å². The summed E-state index contributed by atoms with van der Waals surface area (Å²) >= 11 is 0. The van der Waals surface area contributed by atoms with Crippen molar-refractivity contribution in [1.29, 1.82) is 0 Å². The summed E-state index contributed by atoms with van der Waals surface area (Å²) in [7, 11) is 8.10. The number of ether oxygens (including phenoxy) is 5. The summed E-state index contributed by atoms with van der Waals surface area (Å²) in [5.41, 5.74) is 0. The fraction of sp³-hybridized carbons (Fsp3) is 1.00. The van der Waals surface area contributed by atoms with E-state index in [1.54, 1.807) is 35.5 Å². The van der Waals surface area contributed by atoms with Gasteiger partial charge in [-0.3, -0.25) is 0 Å². The van der Waals surface area contributed by atoms with Gasteiger partial charge < -0.3 is 23.7 Å². The van der Waals surface area contributed by atoms with E-state index >= 15 is 0 Å². The Balaban J connectivity index is 4.37. The van der Waals surface area contributed by atoms with Gasteiger partial charge in [-0.2, -0.15) is 0 Å². The summed E-state index contributed by atoms with van der Waals surface area (Å²) in [5, 5.41) is 0. The zero-order valence-electron chi connectivity index (χ0n) is 10.2. The summed E-state index contributed by atoms with van der Waals surface area (Å²) in [6.07, 6.45) is -0.542. The molecule has 0 aliphatic carbocycles. The molecule has 0 radical (unpaired) electrons. The van der Waals surface area contributed by atoms with E-state index < -0.39 is 0 Å². The Kier molecular flexibility index (Phi) is 8.94. The van der Waals surface area contributed by atoms with E-state index in [1.165, 1.54) is 0 Å². The highest BCUT2D eigenvalue weighted by Gasteiger charge is 2.29. The predicted molar refractivity (Wildman–Crippen MR) is 56.1 cm³/mol. The van der Waals surface area contributed by atoms with Crippen LogP contribution in [0.4, 0.5) is 0 Å². The minimum absolute atomic E-state index is 0.167. The Morgan fingerprint density at radius 1 is 0.667 bits per heavy atom. The van der Waals surface area contributed by atoms with Crippen LogP contribution in [0.5, 0.6) is 0 Å². The Hall–Kier alpha value is -0.200. The third kappa shape index (κ3) is 4.90. The molecule has 0 saturated carbocycles. The second-order valence-corrected chi connectivity index (χ2v) is 3.16. The van der Waals surface area contributed by atoms with Crippen molar-refractivity contribution in [2.24, 2.45) is 0 Å². The highest BCUT2D eigenvalue weighted by Crippen LogP contribution is 2.11. The van der Waals surface area contributed by atoms with Crippen LogP contribution < -0.4 is 0 Å². The minimum atomic E-state index is -0.208. The average Bonchev–Trinajstić information content (AvgIpc) is 2.27. The van der Waals surface area contributed by atoms with E-state index in [4.69, 9.17) is 23.7 Å². The van der Waals surface area contributed by atoms with Crippen molar-refractivity contribution < 1.29 is 23.7 Å². The smallest absolute Gasteiger partial charge is 0.114 e. The van der Waals surface area contributed by atoms with E-state index in [-0.39, 0.29) is 18.3 Å². The number of hydrogen-bond donors (Lipinski definition) is 0. The maximum absolute atomic E-state index is 5.35. The van der Waals surface area contributed by atoms with E-state index in [0.717, 1.165) is 0 Å². The van der Waals surface area contributed by atoms with Crippen molar-refractivity contribution >= 4 is 0 Å². The summed E-state index contributed by atoms with van der Waals surface area (Å²) in [5.74, 6) is 0. The van der Waals surface area contributed by atoms with Gasteiger partial charge in [0.05, 0.1) is 13.2 Å². The maximum Gasteiger partial charge on any atom is 0.114 e. The first-order valence-electron chi connectivity index (χ1n) is 4.81. The highest BCUT2D eigenvalue weighted by atomic mass is 16.6. The fourth-order valence-electron chi connectivity index (χ4n) is 1.47. The average molecular weight is 222 g/mol. The molecule has 5 nitrogen and oxygen atoms in total. The third-order valence-electron chi connectivity index (χ3n) is 2.27. The van der Waals surface area contributed by atoms with Crippen molar-refractivity contribution in [3.63, 3.8) is 0 Å². The molecule has 0 aromatic heterocycles. The normalized spacial score (nSPS) is 17.4. The van der Waals surface area contributed by atoms with Gasteiger partial charge in [-0.05, 0) is 0 Å². The van der Waals surface area contributed by atoms with E-state index in [0.29, 0.717) is 13.2 Å². The summed E-state index contributed by atoms with van der Waals surface area (Å²) in [6.45, 7) is 0.914. The second kappa shape index (κ2) is 9.06. The minimum Gasteiger partial charge on any atom is -0.382 e. The largest absolute Gasteiger partial charge is 0.382 e. The molecule has 0 aromatic rings. The lowest BCUT2D eigenvalue weighted by Crippen LogP contribution is -2.45. The van der Waals surface area contributed by atoms with Gasteiger partial charge in [-0.25, -0.2) is 0 Å². The fourth-order valence-corrected chi connectivity index (χ4v) is 1.47. The first kappa shape index (κ1) is 14.8. The first-order chi connectivity index (χ1) is 7.24. The van der Waals surface area contributed by atoms with Gasteiger partial charge in [-0.15, -0.1) is 0 Å². The zero-order chi connectivity index (χ0) is 11.7. The van der Waals surface area contributed by atoms with Crippen molar-refractivity contribution in [2.75, 3.05) is 48.8 Å². The molecule has 0 spiro atoms. The Labute approximate surface area is 91.6 Å². The Morgan fingerprint density at radius 3 is 1.27 bits per heavy atom. The van der Waals surface area contributed by atoms with Crippen molar-refractivity contribution in [3.8, 4) is 0 Å². The van der Waals surface area contributed by atoms with Gasteiger partial charge in [0.1, 0.15) is 18.3 Å². The molecule has 5 heteroatoms. The van der Waals surface area contributed by atoms with Crippen LogP contribution in [-0.2, 0) is 23.7 Å². The molecule has 0 heterocycles. The monoisotopic (exact) mass is 222 g/mol. The number of rotatable bonds is 9. The molecule has 92 valence electrons. The molecule has 15 heavy (non-hydrogen) atoms. The molecule has 0 aliphatic heterocycles. The first-order valence-corrected chi connectivity index (χ1v) is 4.81. The quantitative estimate of drug-likeness (QED) is 0.562. The molecule has 3 atom stereocenters. The van der Waals surface area contributed by atoms with Gasteiger partial charge in [0, 0.05) is 35.5 Å².